The Kier molecular flexibility index (Phi) is 3.48. The molecule has 0 amide bonds. The number of carbonyl (C=O) groups is 1. The number of aromatic hydroxyl groups is 1. The van der Waals surface area contributed by atoms with E-state index in [1.807, 2.05) is 48.2 Å². The van der Waals surface area contributed by atoms with Crippen LogP contribution in [0.5, 0.6) is 5.75 Å². The molecule has 2 aromatic rings. The van der Waals surface area contributed by atoms with Gasteiger partial charge in [0.15, 0.2) is 5.78 Å². The molecule has 0 unspecified atom stereocenters. The zero-order valence-electron chi connectivity index (χ0n) is 11.9. The number of hydrogen-bond donors (Lipinski definition) is 1. The van der Waals surface area contributed by atoms with Gasteiger partial charge in [-0.25, -0.2) is 0 Å². The molecule has 0 fully saturated rings. The van der Waals surface area contributed by atoms with Crippen molar-refractivity contribution in [2.75, 3.05) is 4.90 Å². The molecule has 1 aliphatic heterocycles. The summed E-state index contributed by atoms with van der Waals surface area (Å²) in [5, 5.41) is 10.1. The molecular weight excluding hydrogens is 262 g/mol. The molecule has 3 rings (SSSR count). The van der Waals surface area contributed by atoms with Crippen LogP contribution in [0.15, 0.2) is 60.8 Å². The second-order valence-electron chi connectivity index (χ2n) is 5.25. The minimum atomic E-state index is -0.0861. The van der Waals surface area contributed by atoms with Gasteiger partial charge in [-0.3, -0.25) is 4.79 Å². The summed E-state index contributed by atoms with van der Waals surface area (Å²) in [5.41, 5.74) is 2.97. The van der Waals surface area contributed by atoms with E-state index in [9.17, 15) is 9.90 Å². The minimum Gasteiger partial charge on any atom is -0.506 e. The largest absolute Gasteiger partial charge is 0.506 e. The van der Waals surface area contributed by atoms with Crippen molar-refractivity contribution in [2.45, 2.75) is 19.4 Å². The number of carbonyl (C=O) groups excluding carboxylic acids is 1. The molecule has 1 aliphatic rings. The van der Waals surface area contributed by atoms with E-state index in [4.69, 9.17) is 0 Å². The molecule has 0 radical (unpaired) electrons. The van der Waals surface area contributed by atoms with Gasteiger partial charge in [-0.1, -0.05) is 36.4 Å². The maximum Gasteiger partial charge on any atom is 0.159 e. The molecule has 0 bridgehead atoms. The standard InChI is InChI=1S/C18H17NO2/c1-13-6-2-3-7-15(13)17-12-14(20)10-11-19(17)16-8-4-5-9-18(16)21/h2-11,17,21H,12H2,1H3/t17-/m0/s1. The predicted molar refractivity (Wildman–Crippen MR) is 83.3 cm³/mol. The number of allylic oxidation sites excluding steroid dienone is 1. The first-order chi connectivity index (χ1) is 10.2. The van der Waals surface area contributed by atoms with Crippen molar-refractivity contribution in [3.63, 3.8) is 0 Å². The fraction of sp³-hybridized carbons (Fsp3) is 0.167. The molecule has 0 aromatic heterocycles. The average Bonchev–Trinajstić information content (AvgIpc) is 2.49. The van der Waals surface area contributed by atoms with Crippen LogP contribution in [0, 0.1) is 6.92 Å². The predicted octanol–water partition coefficient (Wildman–Crippen LogP) is 3.73. The summed E-state index contributed by atoms with van der Waals surface area (Å²) in [6.45, 7) is 2.04. The lowest BCUT2D eigenvalue weighted by atomic mass is 9.93. The van der Waals surface area contributed by atoms with Crippen LogP contribution in [0.4, 0.5) is 5.69 Å². The topological polar surface area (TPSA) is 40.5 Å². The molecular formula is C18H17NO2. The van der Waals surface area contributed by atoms with Crippen LogP contribution >= 0.6 is 0 Å². The summed E-state index contributed by atoms with van der Waals surface area (Å²) in [6, 6.07) is 15.2. The van der Waals surface area contributed by atoms with Crippen LogP contribution in [0.2, 0.25) is 0 Å². The Morgan fingerprint density at radius 1 is 1.10 bits per heavy atom. The van der Waals surface area contributed by atoms with Gasteiger partial charge >= 0.3 is 0 Å². The lowest BCUT2D eigenvalue weighted by molar-refractivity contribution is -0.115. The van der Waals surface area contributed by atoms with E-state index >= 15 is 0 Å². The second kappa shape index (κ2) is 5.44. The fourth-order valence-corrected chi connectivity index (χ4v) is 2.78. The van der Waals surface area contributed by atoms with Crippen LogP contribution in [-0.2, 0) is 4.79 Å². The zero-order chi connectivity index (χ0) is 14.8. The van der Waals surface area contributed by atoms with E-state index in [2.05, 4.69) is 0 Å². The van der Waals surface area contributed by atoms with Gasteiger partial charge in [-0.05, 0) is 36.3 Å². The highest BCUT2D eigenvalue weighted by Crippen LogP contribution is 2.38. The molecule has 1 heterocycles. The maximum atomic E-state index is 11.8. The molecule has 1 N–H and O–H groups in total. The molecule has 21 heavy (non-hydrogen) atoms. The number of anilines is 1. The number of benzene rings is 2. The van der Waals surface area contributed by atoms with E-state index in [-0.39, 0.29) is 17.6 Å². The van der Waals surface area contributed by atoms with Gasteiger partial charge in [0.1, 0.15) is 5.75 Å². The summed E-state index contributed by atoms with van der Waals surface area (Å²) in [6.07, 6.45) is 3.74. The second-order valence-corrected chi connectivity index (χ2v) is 5.25. The number of ketones is 1. The molecule has 0 saturated heterocycles. The number of aryl methyl sites for hydroxylation is 1. The van der Waals surface area contributed by atoms with Gasteiger partial charge in [0.05, 0.1) is 11.7 Å². The van der Waals surface area contributed by atoms with E-state index in [0.717, 1.165) is 16.8 Å². The van der Waals surface area contributed by atoms with E-state index in [0.29, 0.717) is 6.42 Å². The van der Waals surface area contributed by atoms with Gasteiger partial charge in [0, 0.05) is 12.6 Å². The summed E-state index contributed by atoms with van der Waals surface area (Å²) in [7, 11) is 0. The third-order valence-electron chi connectivity index (χ3n) is 3.86. The molecule has 106 valence electrons. The third kappa shape index (κ3) is 2.55. The lowest BCUT2D eigenvalue weighted by Crippen LogP contribution is -2.29. The third-order valence-corrected chi connectivity index (χ3v) is 3.86. The number of phenols is 1. The van der Waals surface area contributed by atoms with E-state index in [1.54, 1.807) is 24.4 Å². The van der Waals surface area contributed by atoms with Crippen LogP contribution in [0.25, 0.3) is 0 Å². The van der Waals surface area contributed by atoms with Gasteiger partial charge in [-0.2, -0.15) is 0 Å². The average molecular weight is 279 g/mol. The molecule has 0 spiro atoms. The summed E-state index contributed by atoms with van der Waals surface area (Å²) >= 11 is 0. The molecule has 0 aliphatic carbocycles. The van der Waals surface area contributed by atoms with Crippen molar-refractivity contribution < 1.29 is 9.90 Å². The summed E-state index contributed by atoms with van der Waals surface area (Å²) in [5.74, 6) is 0.324. The summed E-state index contributed by atoms with van der Waals surface area (Å²) < 4.78 is 0. The van der Waals surface area contributed by atoms with Crippen molar-refractivity contribution in [3.05, 3.63) is 71.9 Å². The first-order valence-corrected chi connectivity index (χ1v) is 6.99. The van der Waals surface area contributed by atoms with Gasteiger partial charge < -0.3 is 10.0 Å². The number of phenolic OH excluding ortho intramolecular Hbond substituents is 1. The van der Waals surface area contributed by atoms with Crippen molar-refractivity contribution in [1.82, 2.24) is 0 Å². The van der Waals surface area contributed by atoms with Gasteiger partial charge in [0.25, 0.3) is 0 Å². The first kappa shape index (κ1) is 13.4. The Morgan fingerprint density at radius 3 is 2.57 bits per heavy atom. The molecule has 3 heteroatoms. The van der Waals surface area contributed by atoms with Crippen LogP contribution in [-0.4, -0.2) is 10.9 Å². The van der Waals surface area contributed by atoms with Crippen molar-refractivity contribution in [2.24, 2.45) is 0 Å². The quantitative estimate of drug-likeness (QED) is 0.910. The highest BCUT2D eigenvalue weighted by atomic mass is 16.3. The first-order valence-electron chi connectivity index (χ1n) is 6.99. The highest BCUT2D eigenvalue weighted by Gasteiger charge is 2.27. The smallest absolute Gasteiger partial charge is 0.159 e. The number of hydrogen-bond acceptors (Lipinski definition) is 3. The number of nitrogens with zero attached hydrogens (tertiary/aromatic N) is 1. The van der Waals surface area contributed by atoms with Crippen molar-refractivity contribution >= 4 is 11.5 Å². The Balaban J connectivity index is 2.09. The normalized spacial score (nSPS) is 18.0. The van der Waals surface area contributed by atoms with Crippen molar-refractivity contribution in [1.29, 1.82) is 0 Å². The highest BCUT2D eigenvalue weighted by molar-refractivity contribution is 5.92. The van der Waals surface area contributed by atoms with Crippen LogP contribution in [0.1, 0.15) is 23.6 Å². The molecule has 3 nitrogen and oxygen atoms in total. The van der Waals surface area contributed by atoms with Gasteiger partial charge in [-0.15, -0.1) is 0 Å². The lowest BCUT2D eigenvalue weighted by Gasteiger charge is -2.34. The fourth-order valence-electron chi connectivity index (χ4n) is 2.78. The number of para-hydroxylation sites is 2. The maximum absolute atomic E-state index is 11.8. The monoisotopic (exact) mass is 279 g/mol. The Hall–Kier alpha value is -2.55. The van der Waals surface area contributed by atoms with E-state index < -0.39 is 0 Å². The van der Waals surface area contributed by atoms with E-state index in [1.165, 1.54) is 0 Å². The van der Waals surface area contributed by atoms with Gasteiger partial charge in [0.2, 0.25) is 0 Å². The Labute approximate surface area is 124 Å². The Morgan fingerprint density at radius 2 is 1.81 bits per heavy atom. The Bertz CT molecular complexity index is 706. The number of rotatable bonds is 2. The molecule has 0 saturated carbocycles. The SMILES string of the molecule is Cc1ccccc1[C@@H]1CC(=O)C=CN1c1ccccc1O. The zero-order valence-corrected chi connectivity index (χ0v) is 11.9. The molecule has 1 atom stereocenters. The molecule has 2 aromatic carbocycles. The minimum absolute atomic E-state index is 0.0861. The van der Waals surface area contributed by atoms with Crippen LogP contribution in [0.3, 0.4) is 0 Å². The van der Waals surface area contributed by atoms with Crippen molar-refractivity contribution in [3.8, 4) is 5.75 Å². The summed E-state index contributed by atoms with van der Waals surface area (Å²) in [4.78, 5) is 13.8. The van der Waals surface area contributed by atoms with Crippen LogP contribution < -0.4 is 4.90 Å².